The Labute approximate surface area is 127 Å². The SMILES string of the molecule is Cc1cc(S(=O)(=O)NCCc2ccc(F)cc2)sc1CN. The molecule has 0 bridgehead atoms. The smallest absolute Gasteiger partial charge is 0.250 e. The summed E-state index contributed by atoms with van der Waals surface area (Å²) in [7, 11) is -3.51. The molecule has 0 aliphatic heterocycles. The van der Waals surface area contributed by atoms with Crippen LogP contribution in [0.25, 0.3) is 0 Å². The standard InChI is InChI=1S/C14H17FN2O2S2/c1-10-8-14(20-13(10)9-16)21(18,19)17-7-6-11-2-4-12(15)5-3-11/h2-5,8,17H,6-7,9,16H2,1H3. The number of nitrogens with two attached hydrogens (primary N) is 1. The van der Waals surface area contributed by atoms with Gasteiger partial charge in [0.15, 0.2) is 0 Å². The summed E-state index contributed by atoms with van der Waals surface area (Å²) in [6.45, 7) is 2.45. The number of halogens is 1. The van der Waals surface area contributed by atoms with Gasteiger partial charge in [-0.1, -0.05) is 12.1 Å². The van der Waals surface area contributed by atoms with Crippen molar-refractivity contribution in [1.29, 1.82) is 0 Å². The van der Waals surface area contributed by atoms with Gasteiger partial charge in [-0.3, -0.25) is 0 Å². The highest BCUT2D eigenvalue weighted by Gasteiger charge is 2.17. The van der Waals surface area contributed by atoms with Crippen molar-refractivity contribution >= 4 is 21.4 Å². The van der Waals surface area contributed by atoms with Crippen LogP contribution in [-0.4, -0.2) is 15.0 Å². The van der Waals surface area contributed by atoms with E-state index in [-0.39, 0.29) is 16.6 Å². The van der Waals surface area contributed by atoms with Gasteiger partial charge in [-0.2, -0.15) is 0 Å². The van der Waals surface area contributed by atoms with E-state index < -0.39 is 10.0 Å². The van der Waals surface area contributed by atoms with Crippen LogP contribution in [-0.2, 0) is 23.0 Å². The molecule has 0 unspecified atom stereocenters. The van der Waals surface area contributed by atoms with Crippen LogP contribution in [0.15, 0.2) is 34.5 Å². The number of hydrogen-bond acceptors (Lipinski definition) is 4. The Kier molecular flexibility index (Phi) is 5.10. The summed E-state index contributed by atoms with van der Waals surface area (Å²) in [6.07, 6.45) is 0.508. The summed E-state index contributed by atoms with van der Waals surface area (Å²) >= 11 is 1.19. The first-order chi connectivity index (χ1) is 9.92. The Bertz CT molecular complexity index is 709. The lowest BCUT2D eigenvalue weighted by Crippen LogP contribution is -2.25. The van der Waals surface area contributed by atoms with Gasteiger partial charge in [0.1, 0.15) is 10.0 Å². The van der Waals surface area contributed by atoms with Crippen LogP contribution in [0.3, 0.4) is 0 Å². The Balaban J connectivity index is 1.99. The molecular formula is C14H17FN2O2S2. The molecule has 21 heavy (non-hydrogen) atoms. The van der Waals surface area contributed by atoms with Crippen LogP contribution in [0.1, 0.15) is 16.0 Å². The molecular weight excluding hydrogens is 311 g/mol. The second-order valence-electron chi connectivity index (χ2n) is 4.65. The lowest BCUT2D eigenvalue weighted by Gasteiger charge is -2.05. The third-order valence-corrected chi connectivity index (χ3v) is 6.26. The highest BCUT2D eigenvalue weighted by Crippen LogP contribution is 2.25. The summed E-state index contributed by atoms with van der Waals surface area (Å²) in [5.74, 6) is -0.303. The molecule has 2 aromatic rings. The molecule has 0 spiro atoms. The summed E-state index contributed by atoms with van der Waals surface area (Å²) in [6, 6.07) is 7.64. The van der Waals surface area contributed by atoms with Gasteiger partial charge in [-0.05, 0) is 42.7 Å². The van der Waals surface area contributed by atoms with Crippen molar-refractivity contribution in [2.75, 3.05) is 6.54 Å². The highest BCUT2D eigenvalue weighted by molar-refractivity contribution is 7.91. The number of nitrogens with one attached hydrogen (secondary N) is 1. The Morgan fingerprint density at radius 1 is 1.29 bits per heavy atom. The monoisotopic (exact) mass is 328 g/mol. The van der Waals surface area contributed by atoms with E-state index in [1.165, 1.54) is 23.5 Å². The molecule has 0 radical (unpaired) electrons. The van der Waals surface area contributed by atoms with E-state index in [2.05, 4.69) is 4.72 Å². The van der Waals surface area contributed by atoms with E-state index in [1.807, 2.05) is 6.92 Å². The zero-order valence-corrected chi connectivity index (χ0v) is 13.2. The molecule has 2 rings (SSSR count). The minimum absolute atomic E-state index is 0.267. The fourth-order valence-electron chi connectivity index (χ4n) is 1.88. The predicted octanol–water partition coefficient (Wildman–Crippen LogP) is 2.18. The van der Waals surface area contributed by atoms with E-state index in [0.717, 1.165) is 16.0 Å². The van der Waals surface area contributed by atoms with Crippen LogP contribution in [0.2, 0.25) is 0 Å². The number of benzene rings is 1. The van der Waals surface area contributed by atoms with Crippen LogP contribution in [0.4, 0.5) is 4.39 Å². The van der Waals surface area contributed by atoms with Crippen molar-refractivity contribution in [1.82, 2.24) is 4.72 Å². The minimum atomic E-state index is -3.51. The average molecular weight is 328 g/mol. The molecule has 0 amide bonds. The number of rotatable bonds is 6. The van der Waals surface area contributed by atoms with Crippen molar-refractivity contribution in [3.05, 3.63) is 52.2 Å². The quantitative estimate of drug-likeness (QED) is 0.854. The van der Waals surface area contributed by atoms with Crippen LogP contribution in [0, 0.1) is 12.7 Å². The van der Waals surface area contributed by atoms with Gasteiger partial charge in [0.2, 0.25) is 10.0 Å². The Morgan fingerprint density at radius 3 is 2.52 bits per heavy atom. The van der Waals surface area contributed by atoms with E-state index in [9.17, 15) is 12.8 Å². The maximum Gasteiger partial charge on any atom is 0.250 e. The van der Waals surface area contributed by atoms with Gasteiger partial charge < -0.3 is 5.73 Å². The molecule has 1 heterocycles. The largest absolute Gasteiger partial charge is 0.326 e. The third kappa shape index (κ3) is 4.10. The predicted molar refractivity (Wildman–Crippen MR) is 82.2 cm³/mol. The van der Waals surface area contributed by atoms with Gasteiger partial charge in [0.25, 0.3) is 0 Å². The van der Waals surface area contributed by atoms with Gasteiger partial charge in [-0.15, -0.1) is 11.3 Å². The molecule has 114 valence electrons. The molecule has 0 atom stereocenters. The first-order valence-electron chi connectivity index (χ1n) is 6.46. The molecule has 7 heteroatoms. The first kappa shape index (κ1) is 16.1. The normalized spacial score (nSPS) is 11.8. The maximum atomic E-state index is 12.8. The molecule has 1 aromatic heterocycles. The zero-order valence-electron chi connectivity index (χ0n) is 11.6. The number of thiophene rings is 1. The maximum absolute atomic E-state index is 12.8. The van der Waals surface area contributed by atoms with Crippen LogP contribution in [0.5, 0.6) is 0 Å². The van der Waals surface area contributed by atoms with Gasteiger partial charge in [0, 0.05) is 18.0 Å². The van der Waals surface area contributed by atoms with Crippen molar-refractivity contribution in [3.63, 3.8) is 0 Å². The molecule has 0 fully saturated rings. The average Bonchev–Trinajstić information content (AvgIpc) is 2.83. The molecule has 4 nitrogen and oxygen atoms in total. The van der Waals surface area contributed by atoms with Crippen LogP contribution >= 0.6 is 11.3 Å². The van der Waals surface area contributed by atoms with E-state index in [0.29, 0.717) is 13.0 Å². The Morgan fingerprint density at radius 2 is 1.95 bits per heavy atom. The molecule has 1 aromatic carbocycles. The van der Waals surface area contributed by atoms with Crippen molar-refractivity contribution in [2.24, 2.45) is 5.73 Å². The van der Waals surface area contributed by atoms with Gasteiger partial charge in [0.05, 0.1) is 0 Å². The minimum Gasteiger partial charge on any atom is -0.326 e. The van der Waals surface area contributed by atoms with Crippen molar-refractivity contribution in [3.8, 4) is 0 Å². The van der Waals surface area contributed by atoms with Gasteiger partial charge >= 0.3 is 0 Å². The van der Waals surface area contributed by atoms with Crippen LogP contribution < -0.4 is 10.5 Å². The van der Waals surface area contributed by atoms with E-state index in [4.69, 9.17) is 5.73 Å². The highest BCUT2D eigenvalue weighted by atomic mass is 32.2. The van der Waals surface area contributed by atoms with E-state index in [1.54, 1.807) is 18.2 Å². The van der Waals surface area contributed by atoms with E-state index >= 15 is 0 Å². The Hall–Kier alpha value is -1.28. The number of aryl methyl sites for hydroxylation is 1. The topological polar surface area (TPSA) is 72.2 Å². The fourth-order valence-corrected chi connectivity index (χ4v) is 4.42. The molecule has 0 aliphatic rings. The summed E-state index contributed by atoms with van der Waals surface area (Å²) in [4.78, 5) is 0.869. The molecule has 0 saturated heterocycles. The lowest BCUT2D eigenvalue weighted by atomic mass is 10.1. The second kappa shape index (κ2) is 6.65. The summed E-state index contributed by atoms with van der Waals surface area (Å²) in [5, 5.41) is 0. The second-order valence-corrected chi connectivity index (χ2v) is 7.78. The third-order valence-electron chi connectivity index (χ3n) is 3.07. The molecule has 3 N–H and O–H groups in total. The van der Waals surface area contributed by atoms with Crippen molar-refractivity contribution < 1.29 is 12.8 Å². The fraction of sp³-hybridized carbons (Fsp3) is 0.286. The first-order valence-corrected chi connectivity index (χ1v) is 8.76. The van der Waals surface area contributed by atoms with Gasteiger partial charge in [-0.25, -0.2) is 17.5 Å². The summed E-state index contributed by atoms with van der Waals surface area (Å²) < 4.78 is 39.9. The van der Waals surface area contributed by atoms with Crippen molar-refractivity contribution in [2.45, 2.75) is 24.1 Å². The lowest BCUT2D eigenvalue weighted by molar-refractivity contribution is 0.583. The number of hydrogen-bond donors (Lipinski definition) is 2. The number of sulfonamides is 1. The summed E-state index contributed by atoms with van der Waals surface area (Å²) in [5.41, 5.74) is 7.33. The molecule has 0 saturated carbocycles. The zero-order chi connectivity index (χ0) is 15.5. The molecule has 0 aliphatic carbocycles.